The number of aliphatic carboxylic acids is 1. The first-order valence-corrected chi connectivity index (χ1v) is 4.17. The van der Waals surface area contributed by atoms with Crippen molar-refractivity contribution >= 4 is 5.97 Å². The molecule has 72 valence electrons. The zero-order valence-electron chi connectivity index (χ0n) is 7.77. The van der Waals surface area contributed by atoms with E-state index in [1.807, 2.05) is 0 Å². The fraction of sp³-hybridized carbons (Fsp3) is 0.625. The summed E-state index contributed by atoms with van der Waals surface area (Å²) < 4.78 is 1.66. The van der Waals surface area contributed by atoms with Gasteiger partial charge in [0.1, 0.15) is 0 Å². The normalized spacial score (nSPS) is 12.8. The summed E-state index contributed by atoms with van der Waals surface area (Å²) in [6.07, 6.45) is 2.99. The van der Waals surface area contributed by atoms with E-state index in [-0.39, 0.29) is 5.92 Å². The molecule has 0 radical (unpaired) electrons. The molecule has 0 aliphatic heterocycles. The largest absolute Gasteiger partial charge is 0.481 e. The monoisotopic (exact) mass is 183 g/mol. The zero-order chi connectivity index (χ0) is 9.84. The Balaban J connectivity index is 2.44. The van der Waals surface area contributed by atoms with E-state index in [2.05, 4.69) is 10.3 Å². The molecule has 5 nitrogen and oxygen atoms in total. The minimum Gasteiger partial charge on any atom is -0.481 e. The predicted molar refractivity (Wildman–Crippen MR) is 46.1 cm³/mol. The number of carbonyl (C=O) groups is 1. The molecule has 0 spiro atoms. The van der Waals surface area contributed by atoms with Gasteiger partial charge in [0, 0.05) is 7.05 Å². The summed E-state index contributed by atoms with van der Waals surface area (Å²) >= 11 is 0. The third kappa shape index (κ3) is 2.54. The van der Waals surface area contributed by atoms with Crippen molar-refractivity contribution < 1.29 is 9.90 Å². The molecule has 1 aromatic rings. The SMILES string of the molecule is CC(CCc1cnnn1C)C(=O)O. The average molecular weight is 183 g/mol. The quantitative estimate of drug-likeness (QED) is 0.736. The van der Waals surface area contributed by atoms with Gasteiger partial charge in [0.25, 0.3) is 0 Å². The lowest BCUT2D eigenvalue weighted by Crippen LogP contribution is -2.11. The predicted octanol–water partition coefficient (Wildman–Crippen LogP) is 0.468. The highest BCUT2D eigenvalue weighted by molar-refractivity contribution is 5.69. The fourth-order valence-corrected chi connectivity index (χ4v) is 1.03. The molecule has 1 rings (SSSR count). The van der Waals surface area contributed by atoms with Gasteiger partial charge in [-0.2, -0.15) is 0 Å². The Bertz CT molecular complexity index is 295. The highest BCUT2D eigenvalue weighted by Crippen LogP contribution is 2.07. The van der Waals surface area contributed by atoms with E-state index in [0.717, 1.165) is 5.69 Å². The highest BCUT2D eigenvalue weighted by Gasteiger charge is 2.11. The summed E-state index contributed by atoms with van der Waals surface area (Å²) in [6.45, 7) is 1.70. The molecule has 1 atom stereocenters. The molecule has 5 heteroatoms. The van der Waals surface area contributed by atoms with Crippen LogP contribution in [0.5, 0.6) is 0 Å². The topological polar surface area (TPSA) is 68.0 Å². The van der Waals surface area contributed by atoms with Crippen LogP contribution in [0.3, 0.4) is 0 Å². The van der Waals surface area contributed by atoms with Crippen LogP contribution in [0.15, 0.2) is 6.20 Å². The number of carboxylic acids is 1. The molecule has 13 heavy (non-hydrogen) atoms. The van der Waals surface area contributed by atoms with E-state index < -0.39 is 5.97 Å². The van der Waals surface area contributed by atoms with Gasteiger partial charge in [-0.3, -0.25) is 9.48 Å². The van der Waals surface area contributed by atoms with E-state index in [0.29, 0.717) is 12.8 Å². The van der Waals surface area contributed by atoms with Crippen molar-refractivity contribution in [1.82, 2.24) is 15.0 Å². The summed E-state index contributed by atoms with van der Waals surface area (Å²) in [4.78, 5) is 10.5. The van der Waals surface area contributed by atoms with Crippen LogP contribution in [0.25, 0.3) is 0 Å². The standard InChI is InChI=1S/C8H13N3O2/c1-6(8(12)13)3-4-7-5-9-10-11(7)2/h5-6H,3-4H2,1-2H3,(H,12,13). The van der Waals surface area contributed by atoms with Crippen molar-refractivity contribution in [3.05, 3.63) is 11.9 Å². The van der Waals surface area contributed by atoms with Crippen molar-refractivity contribution in [3.63, 3.8) is 0 Å². The smallest absolute Gasteiger partial charge is 0.306 e. The first-order chi connectivity index (χ1) is 6.11. The molecule has 0 bridgehead atoms. The Kier molecular flexibility index (Phi) is 3.00. The summed E-state index contributed by atoms with van der Waals surface area (Å²) in [5.74, 6) is -1.06. The van der Waals surface area contributed by atoms with Crippen LogP contribution in [-0.4, -0.2) is 26.1 Å². The van der Waals surface area contributed by atoms with Gasteiger partial charge in [-0.05, 0) is 12.8 Å². The summed E-state index contributed by atoms with van der Waals surface area (Å²) in [5.41, 5.74) is 0.966. The number of nitrogens with zero attached hydrogens (tertiary/aromatic N) is 3. The molecule has 1 heterocycles. The lowest BCUT2D eigenvalue weighted by atomic mass is 10.1. The van der Waals surface area contributed by atoms with Crippen LogP contribution in [0.2, 0.25) is 0 Å². The van der Waals surface area contributed by atoms with Gasteiger partial charge >= 0.3 is 5.97 Å². The van der Waals surface area contributed by atoms with Gasteiger partial charge in [-0.1, -0.05) is 12.1 Å². The Morgan fingerprint density at radius 2 is 2.46 bits per heavy atom. The first kappa shape index (κ1) is 9.70. The average Bonchev–Trinajstić information content (AvgIpc) is 2.47. The van der Waals surface area contributed by atoms with Gasteiger partial charge in [-0.15, -0.1) is 5.10 Å². The van der Waals surface area contributed by atoms with Gasteiger partial charge in [-0.25, -0.2) is 0 Å². The van der Waals surface area contributed by atoms with Crippen LogP contribution < -0.4 is 0 Å². The molecule has 0 fully saturated rings. The Morgan fingerprint density at radius 1 is 1.77 bits per heavy atom. The molecule has 0 amide bonds. The first-order valence-electron chi connectivity index (χ1n) is 4.17. The highest BCUT2D eigenvalue weighted by atomic mass is 16.4. The minimum absolute atomic E-state index is 0.310. The second-order valence-corrected chi connectivity index (χ2v) is 3.13. The number of rotatable bonds is 4. The molecule has 1 N–H and O–H groups in total. The van der Waals surface area contributed by atoms with Crippen molar-refractivity contribution in [2.75, 3.05) is 0 Å². The molecular weight excluding hydrogens is 170 g/mol. The summed E-state index contributed by atoms with van der Waals surface area (Å²) in [6, 6.07) is 0. The van der Waals surface area contributed by atoms with Crippen LogP contribution >= 0.6 is 0 Å². The maximum atomic E-state index is 10.5. The number of hydrogen-bond acceptors (Lipinski definition) is 3. The number of carboxylic acid groups (broad SMARTS) is 1. The molecular formula is C8H13N3O2. The van der Waals surface area contributed by atoms with Crippen LogP contribution in [0.1, 0.15) is 19.0 Å². The van der Waals surface area contributed by atoms with Gasteiger partial charge in [0.2, 0.25) is 0 Å². The van der Waals surface area contributed by atoms with Crippen molar-refractivity contribution in [2.24, 2.45) is 13.0 Å². The van der Waals surface area contributed by atoms with E-state index in [4.69, 9.17) is 5.11 Å². The van der Waals surface area contributed by atoms with E-state index in [9.17, 15) is 4.79 Å². The Labute approximate surface area is 76.4 Å². The van der Waals surface area contributed by atoms with Crippen LogP contribution in [0.4, 0.5) is 0 Å². The Morgan fingerprint density at radius 3 is 2.92 bits per heavy atom. The molecule has 0 saturated heterocycles. The van der Waals surface area contributed by atoms with E-state index in [1.54, 1.807) is 24.9 Å². The minimum atomic E-state index is -0.755. The van der Waals surface area contributed by atoms with Crippen molar-refractivity contribution in [2.45, 2.75) is 19.8 Å². The van der Waals surface area contributed by atoms with E-state index >= 15 is 0 Å². The molecule has 1 aromatic heterocycles. The van der Waals surface area contributed by atoms with Crippen LogP contribution in [-0.2, 0) is 18.3 Å². The third-order valence-corrected chi connectivity index (χ3v) is 2.06. The lowest BCUT2D eigenvalue weighted by molar-refractivity contribution is -0.141. The second-order valence-electron chi connectivity index (χ2n) is 3.13. The molecule has 0 aliphatic rings. The van der Waals surface area contributed by atoms with E-state index in [1.165, 1.54) is 0 Å². The van der Waals surface area contributed by atoms with Crippen molar-refractivity contribution in [1.29, 1.82) is 0 Å². The molecule has 0 aromatic carbocycles. The molecule has 0 aliphatic carbocycles. The third-order valence-electron chi connectivity index (χ3n) is 2.06. The molecule has 0 saturated carbocycles. The number of aryl methyl sites for hydroxylation is 2. The maximum Gasteiger partial charge on any atom is 0.306 e. The van der Waals surface area contributed by atoms with Gasteiger partial charge in [0.15, 0.2) is 0 Å². The summed E-state index contributed by atoms with van der Waals surface area (Å²) in [5, 5.41) is 16.1. The van der Waals surface area contributed by atoms with Crippen molar-refractivity contribution in [3.8, 4) is 0 Å². The number of hydrogen-bond donors (Lipinski definition) is 1. The summed E-state index contributed by atoms with van der Waals surface area (Å²) in [7, 11) is 1.80. The Hall–Kier alpha value is -1.39. The second kappa shape index (κ2) is 4.02. The lowest BCUT2D eigenvalue weighted by Gasteiger charge is -2.04. The maximum absolute atomic E-state index is 10.5. The number of aromatic nitrogens is 3. The fourth-order valence-electron chi connectivity index (χ4n) is 1.03. The van der Waals surface area contributed by atoms with Gasteiger partial charge < -0.3 is 5.11 Å². The molecule has 1 unspecified atom stereocenters. The zero-order valence-corrected chi connectivity index (χ0v) is 7.77. The van der Waals surface area contributed by atoms with Gasteiger partial charge in [0.05, 0.1) is 17.8 Å². The van der Waals surface area contributed by atoms with Crippen LogP contribution in [0, 0.1) is 5.92 Å².